The number of rotatable bonds is 1. The van der Waals surface area contributed by atoms with Gasteiger partial charge < -0.3 is 10.8 Å². The summed E-state index contributed by atoms with van der Waals surface area (Å²) >= 11 is 3.18. The second kappa shape index (κ2) is 3.15. The Morgan fingerprint density at radius 3 is 2.67 bits per heavy atom. The Balaban J connectivity index is 3.37. The summed E-state index contributed by atoms with van der Waals surface area (Å²) in [6.07, 6.45) is 0. The van der Waals surface area contributed by atoms with Crippen molar-refractivity contribution < 1.29 is 9.90 Å². The Kier molecular flexibility index (Phi) is 2.38. The summed E-state index contributed by atoms with van der Waals surface area (Å²) in [5, 5.41) is 8.73. The number of halogens is 1. The molecule has 0 amide bonds. The van der Waals surface area contributed by atoms with Gasteiger partial charge in [-0.1, -0.05) is 0 Å². The van der Waals surface area contributed by atoms with E-state index in [1.54, 1.807) is 13.0 Å². The number of nitrogens with two attached hydrogens (primary N) is 1. The maximum absolute atomic E-state index is 10.6. The summed E-state index contributed by atoms with van der Waals surface area (Å²) in [5.74, 6) is -0.975. The number of carboxylic acid groups (broad SMARTS) is 1. The van der Waals surface area contributed by atoms with Crippen molar-refractivity contribution in [2.24, 2.45) is 0 Å². The number of anilines is 1. The van der Waals surface area contributed by atoms with Crippen molar-refractivity contribution in [1.29, 1.82) is 0 Å². The van der Waals surface area contributed by atoms with E-state index >= 15 is 0 Å². The van der Waals surface area contributed by atoms with Crippen LogP contribution in [0.25, 0.3) is 0 Å². The first-order valence-electron chi connectivity index (χ1n) is 3.31. The second-order valence-corrected chi connectivity index (χ2v) is 3.30. The van der Waals surface area contributed by atoms with E-state index in [2.05, 4.69) is 15.9 Å². The lowest BCUT2D eigenvalue weighted by Gasteiger charge is -2.03. The number of carboxylic acids is 1. The van der Waals surface area contributed by atoms with E-state index in [0.717, 1.165) is 5.56 Å². The lowest BCUT2D eigenvalue weighted by molar-refractivity contribution is 0.0696. The minimum atomic E-state index is -0.975. The van der Waals surface area contributed by atoms with Crippen LogP contribution in [0.4, 0.5) is 5.69 Å². The number of nitrogen functional groups attached to an aromatic ring is 1. The van der Waals surface area contributed by atoms with Crippen molar-refractivity contribution in [3.05, 3.63) is 27.7 Å². The van der Waals surface area contributed by atoms with Crippen molar-refractivity contribution in [3.8, 4) is 0 Å². The van der Waals surface area contributed by atoms with E-state index in [4.69, 9.17) is 10.8 Å². The Bertz CT molecular complexity index is 336. The highest BCUT2D eigenvalue weighted by atomic mass is 79.9. The van der Waals surface area contributed by atoms with Crippen LogP contribution in [0.15, 0.2) is 16.6 Å². The highest BCUT2D eigenvalue weighted by Gasteiger charge is 2.10. The Labute approximate surface area is 78.3 Å². The van der Waals surface area contributed by atoms with Crippen LogP contribution in [0.2, 0.25) is 0 Å². The number of aromatic carboxylic acids is 1. The highest BCUT2D eigenvalue weighted by Crippen LogP contribution is 2.24. The molecule has 0 aliphatic rings. The fraction of sp³-hybridized carbons (Fsp3) is 0.125. The molecule has 1 aromatic rings. The smallest absolute Gasteiger partial charge is 0.336 e. The van der Waals surface area contributed by atoms with Gasteiger partial charge in [-0.3, -0.25) is 0 Å². The van der Waals surface area contributed by atoms with E-state index in [0.29, 0.717) is 10.2 Å². The van der Waals surface area contributed by atoms with Gasteiger partial charge in [-0.2, -0.15) is 0 Å². The molecule has 0 aliphatic heterocycles. The first-order chi connectivity index (χ1) is 5.52. The van der Waals surface area contributed by atoms with E-state index in [-0.39, 0.29) is 5.56 Å². The van der Waals surface area contributed by atoms with Crippen molar-refractivity contribution in [1.82, 2.24) is 0 Å². The summed E-state index contributed by atoms with van der Waals surface area (Å²) < 4.78 is 0.587. The molecule has 0 aliphatic carbocycles. The second-order valence-electron chi connectivity index (χ2n) is 2.50. The van der Waals surface area contributed by atoms with Gasteiger partial charge in [0.2, 0.25) is 0 Å². The predicted molar refractivity (Wildman–Crippen MR) is 50.3 cm³/mol. The van der Waals surface area contributed by atoms with Crippen LogP contribution in [0, 0.1) is 6.92 Å². The van der Waals surface area contributed by atoms with E-state index < -0.39 is 5.97 Å². The molecule has 3 N–H and O–H groups in total. The third-order valence-corrected chi connectivity index (χ3v) is 2.56. The molecular formula is C8H8BrNO2. The van der Waals surface area contributed by atoms with Crippen molar-refractivity contribution in [2.75, 3.05) is 5.73 Å². The molecule has 0 atom stereocenters. The lowest BCUT2D eigenvalue weighted by Crippen LogP contribution is -2.00. The summed E-state index contributed by atoms with van der Waals surface area (Å²) in [6, 6.07) is 3.15. The average Bonchev–Trinajstić information content (AvgIpc) is 1.96. The monoisotopic (exact) mass is 229 g/mol. The SMILES string of the molecule is Cc1cc(N)cc(C(=O)O)c1Br. The maximum Gasteiger partial charge on any atom is 0.336 e. The van der Waals surface area contributed by atoms with Gasteiger partial charge in [-0.25, -0.2) is 4.79 Å². The van der Waals surface area contributed by atoms with Crippen molar-refractivity contribution >= 4 is 27.6 Å². The number of hydrogen-bond donors (Lipinski definition) is 2. The number of aryl methyl sites for hydroxylation is 1. The van der Waals surface area contributed by atoms with Crippen LogP contribution in [-0.4, -0.2) is 11.1 Å². The third-order valence-electron chi connectivity index (χ3n) is 1.51. The third kappa shape index (κ3) is 1.58. The van der Waals surface area contributed by atoms with E-state index in [9.17, 15) is 4.79 Å². The zero-order valence-electron chi connectivity index (χ0n) is 6.47. The highest BCUT2D eigenvalue weighted by molar-refractivity contribution is 9.10. The molecule has 0 spiro atoms. The van der Waals surface area contributed by atoms with Crippen LogP contribution in [0.3, 0.4) is 0 Å². The fourth-order valence-corrected chi connectivity index (χ4v) is 1.35. The van der Waals surface area contributed by atoms with Gasteiger partial charge >= 0.3 is 5.97 Å². The average molecular weight is 230 g/mol. The number of benzene rings is 1. The minimum absolute atomic E-state index is 0.201. The summed E-state index contributed by atoms with van der Waals surface area (Å²) in [6.45, 7) is 1.80. The molecule has 12 heavy (non-hydrogen) atoms. The number of carbonyl (C=O) groups is 1. The Morgan fingerprint density at radius 2 is 2.17 bits per heavy atom. The van der Waals surface area contributed by atoms with Crippen LogP contribution < -0.4 is 5.73 Å². The van der Waals surface area contributed by atoms with Crippen LogP contribution in [-0.2, 0) is 0 Å². The number of hydrogen-bond acceptors (Lipinski definition) is 2. The zero-order chi connectivity index (χ0) is 9.30. The molecule has 1 rings (SSSR count). The van der Waals surface area contributed by atoms with Crippen LogP contribution in [0.5, 0.6) is 0 Å². The molecule has 0 bridgehead atoms. The zero-order valence-corrected chi connectivity index (χ0v) is 8.05. The molecule has 3 nitrogen and oxygen atoms in total. The van der Waals surface area contributed by atoms with Gasteiger partial charge in [0.25, 0.3) is 0 Å². The molecule has 64 valence electrons. The van der Waals surface area contributed by atoms with E-state index in [1.807, 2.05) is 0 Å². The molecule has 0 saturated heterocycles. The predicted octanol–water partition coefficient (Wildman–Crippen LogP) is 2.04. The van der Waals surface area contributed by atoms with Gasteiger partial charge in [0, 0.05) is 10.2 Å². The van der Waals surface area contributed by atoms with Gasteiger partial charge in [0.1, 0.15) is 0 Å². The first kappa shape index (κ1) is 9.06. The van der Waals surface area contributed by atoms with Crippen molar-refractivity contribution in [3.63, 3.8) is 0 Å². The molecule has 0 heterocycles. The quantitative estimate of drug-likeness (QED) is 0.725. The van der Waals surface area contributed by atoms with Gasteiger partial charge in [0.15, 0.2) is 0 Å². The molecule has 0 aromatic heterocycles. The Hall–Kier alpha value is -1.03. The minimum Gasteiger partial charge on any atom is -0.478 e. The van der Waals surface area contributed by atoms with Gasteiger partial charge in [0.05, 0.1) is 5.56 Å². The molecule has 0 radical (unpaired) electrons. The molecule has 0 fully saturated rings. The van der Waals surface area contributed by atoms with Crippen molar-refractivity contribution in [2.45, 2.75) is 6.92 Å². The molecule has 4 heteroatoms. The molecular weight excluding hydrogens is 222 g/mol. The molecule has 0 unspecified atom stereocenters. The maximum atomic E-state index is 10.6. The molecule has 1 aromatic carbocycles. The standard InChI is InChI=1S/C8H8BrNO2/c1-4-2-5(10)3-6(7(4)9)8(11)12/h2-3H,10H2,1H3,(H,11,12). The summed E-state index contributed by atoms with van der Waals surface area (Å²) in [7, 11) is 0. The topological polar surface area (TPSA) is 63.3 Å². The lowest BCUT2D eigenvalue weighted by atomic mass is 10.1. The van der Waals surface area contributed by atoms with E-state index in [1.165, 1.54) is 6.07 Å². The summed E-state index contributed by atoms with van der Waals surface area (Å²) in [4.78, 5) is 10.6. The fourth-order valence-electron chi connectivity index (χ4n) is 0.953. The Morgan fingerprint density at radius 1 is 1.58 bits per heavy atom. The van der Waals surface area contributed by atoms with Crippen LogP contribution in [0.1, 0.15) is 15.9 Å². The van der Waals surface area contributed by atoms with Crippen LogP contribution >= 0.6 is 15.9 Å². The largest absolute Gasteiger partial charge is 0.478 e. The van der Waals surface area contributed by atoms with Gasteiger partial charge in [-0.05, 0) is 40.5 Å². The van der Waals surface area contributed by atoms with Gasteiger partial charge in [-0.15, -0.1) is 0 Å². The normalized spacial score (nSPS) is 9.83. The molecule has 0 saturated carbocycles. The summed E-state index contributed by atoms with van der Waals surface area (Å²) in [5.41, 5.74) is 6.98. The first-order valence-corrected chi connectivity index (χ1v) is 4.10.